The first kappa shape index (κ1) is 4.59. The zero-order valence-electron chi connectivity index (χ0n) is 4.01. The highest BCUT2D eigenvalue weighted by molar-refractivity contribution is 7.71. The van der Waals surface area contributed by atoms with E-state index < -0.39 is 0 Å². The Morgan fingerprint density at radius 3 is 2.71 bits per heavy atom. The molecule has 0 fully saturated rings. The van der Waals surface area contributed by atoms with E-state index in [4.69, 9.17) is 12.2 Å². The fourth-order valence-electron chi connectivity index (χ4n) is 0.428. The lowest BCUT2D eigenvalue weighted by molar-refractivity contribution is 0.763. The SMILES string of the molecule is Cn1ccc(=S)[nH]1. The third-order valence-corrected chi connectivity index (χ3v) is 0.963. The summed E-state index contributed by atoms with van der Waals surface area (Å²) in [5, 5.41) is 2.87. The van der Waals surface area contributed by atoms with Crippen LogP contribution in [0.25, 0.3) is 0 Å². The summed E-state index contributed by atoms with van der Waals surface area (Å²) in [5.74, 6) is 0. The smallest absolute Gasteiger partial charge is 0.119 e. The van der Waals surface area contributed by atoms with Gasteiger partial charge < -0.3 is 0 Å². The maximum Gasteiger partial charge on any atom is 0.119 e. The summed E-state index contributed by atoms with van der Waals surface area (Å²) in [6.45, 7) is 0. The van der Waals surface area contributed by atoms with E-state index in [1.54, 1.807) is 0 Å². The average molecular weight is 114 g/mol. The van der Waals surface area contributed by atoms with Gasteiger partial charge >= 0.3 is 0 Å². The van der Waals surface area contributed by atoms with Gasteiger partial charge in [-0.05, 0) is 6.07 Å². The second-order valence-electron chi connectivity index (χ2n) is 1.40. The molecule has 0 atom stereocenters. The van der Waals surface area contributed by atoms with Crippen LogP contribution in [0.4, 0.5) is 0 Å². The van der Waals surface area contributed by atoms with Gasteiger partial charge in [0.1, 0.15) is 4.64 Å². The Bertz CT molecular complexity index is 197. The minimum Gasteiger partial charge on any atom is -0.297 e. The van der Waals surface area contributed by atoms with Gasteiger partial charge in [0.25, 0.3) is 0 Å². The molecule has 7 heavy (non-hydrogen) atoms. The van der Waals surface area contributed by atoms with Crippen LogP contribution in [0.1, 0.15) is 0 Å². The first-order chi connectivity index (χ1) is 3.29. The van der Waals surface area contributed by atoms with Crippen molar-refractivity contribution in [3.8, 4) is 0 Å². The Kier molecular flexibility index (Phi) is 0.982. The van der Waals surface area contributed by atoms with E-state index in [2.05, 4.69) is 5.10 Å². The van der Waals surface area contributed by atoms with Gasteiger partial charge in [-0.1, -0.05) is 12.2 Å². The molecule has 0 saturated carbocycles. The van der Waals surface area contributed by atoms with Crippen molar-refractivity contribution < 1.29 is 0 Å². The monoisotopic (exact) mass is 114 g/mol. The lowest BCUT2D eigenvalue weighted by Crippen LogP contribution is -1.84. The van der Waals surface area contributed by atoms with E-state index in [-0.39, 0.29) is 0 Å². The van der Waals surface area contributed by atoms with Crippen LogP contribution >= 0.6 is 12.2 Å². The van der Waals surface area contributed by atoms with E-state index in [0.29, 0.717) is 0 Å². The van der Waals surface area contributed by atoms with Crippen molar-refractivity contribution in [1.29, 1.82) is 0 Å². The van der Waals surface area contributed by atoms with Crippen molar-refractivity contribution in [2.24, 2.45) is 7.05 Å². The standard InChI is InChI=1S/C4H6N2S/c1-6-3-2-4(7)5-6/h2-3H,1H3,(H,5,7). The molecule has 1 aromatic rings. The van der Waals surface area contributed by atoms with E-state index in [1.165, 1.54) is 0 Å². The molecule has 3 heteroatoms. The number of hydrogen-bond donors (Lipinski definition) is 1. The van der Waals surface area contributed by atoms with E-state index in [9.17, 15) is 0 Å². The number of aryl methyl sites for hydroxylation is 1. The lowest BCUT2D eigenvalue weighted by atomic mass is 10.8. The highest BCUT2D eigenvalue weighted by Gasteiger charge is 1.74. The Labute approximate surface area is 46.8 Å². The Balaban J connectivity index is 3.30. The van der Waals surface area contributed by atoms with Gasteiger partial charge in [-0.25, -0.2) is 0 Å². The molecule has 2 nitrogen and oxygen atoms in total. The molecule has 1 rings (SSSR count). The largest absolute Gasteiger partial charge is 0.297 e. The van der Waals surface area contributed by atoms with Crippen molar-refractivity contribution in [2.75, 3.05) is 0 Å². The first-order valence-electron chi connectivity index (χ1n) is 2.01. The molecule has 0 amide bonds. The van der Waals surface area contributed by atoms with Gasteiger partial charge in [-0.15, -0.1) is 0 Å². The molecule has 0 aliphatic carbocycles. The Morgan fingerprint density at radius 1 is 1.86 bits per heavy atom. The van der Waals surface area contributed by atoms with E-state index in [1.807, 2.05) is 24.0 Å². The predicted octanol–water partition coefficient (Wildman–Crippen LogP) is 1.08. The third-order valence-electron chi connectivity index (χ3n) is 0.736. The topological polar surface area (TPSA) is 20.7 Å². The summed E-state index contributed by atoms with van der Waals surface area (Å²) in [6, 6.07) is 1.84. The van der Waals surface area contributed by atoms with Crippen molar-refractivity contribution in [1.82, 2.24) is 9.78 Å². The van der Waals surface area contributed by atoms with Gasteiger partial charge in [0.15, 0.2) is 0 Å². The fraction of sp³-hybridized carbons (Fsp3) is 0.250. The Hall–Kier alpha value is -0.570. The molecule has 0 aliphatic heterocycles. The normalized spacial score (nSPS) is 9.29. The maximum absolute atomic E-state index is 4.76. The fourth-order valence-corrected chi connectivity index (χ4v) is 0.633. The summed E-state index contributed by atoms with van der Waals surface area (Å²) < 4.78 is 2.59. The number of aromatic amines is 1. The number of aromatic nitrogens is 2. The summed E-state index contributed by atoms with van der Waals surface area (Å²) in [6.07, 6.45) is 1.88. The van der Waals surface area contributed by atoms with Crippen LogP contribution in [-0.4, -0.2) is 9.78 Å². The van der Waals surface area contributed by atoms with Crippen molar-refractivity contribution in [3.63, 3.8) is 0 Å². The van der Waals surface area contributed by atoms with Crippen LogP contribution in [0, 0.1) is 4.64 Å². The van der Waals surface area contributed by atoms with Gasteiger partial charge in [-0.3, -0.25) is 9.78 Å². The lowest BCUT2D eigenvalue weighted by Gasteiger charge is -1.81. The minimum atomic E-state index is 0.780. The maximum atomic E-state index is 4.76. The van der Waals surface area contributed by atoms with Crippen LogP contribution in [-0.2, 0) is 7.05 Å². The molecule has 1 aromatic heterocycles. The molecule has 0 spiro atoms. The van der Waals surface area contributed by atoms with Crippen LogP contribution in [0.5, 0.6) is 0 Å². The molecule has 1 N–H and O–H groups in total. The summed E-state index contributed by atoms with van der Waals surface area (Å²) >= 11 is 4.76. The van der Waals surface area contributed by atoms with Crippen molar-refractivity contribution >= 4 is 12.2 Å². The quantitative estimate of drug-likeness (QED) is 0.500. The molecule has 0 unspecified atom stereocenters. The van der Waals surface area contributed by atoms with Gasteiger partial charge in [0, 0.05) is 13.2 Å². The molecule has 0 radical (unpaired) electrons. The highest BCUT2D eigenvalue weighted by Crippen LogP contribution is 1.81. The number of H-pyrrole nitrogens is 1. The number of hydrogen-bond acceptors (Lipinski definition) is 1. The van der Waals surface area contributed by atoms with Gasteiger partial charge in [0.05, 0.1) is 0 Å². The minimum absolute atomic E-state index is 0.780. The van der Waals surface area contributed by atoms with Crippen LogP contribution in [0.2, 0.25) is 0 Å². The zero-order valence-corrected chi connectivity index (χ0v) is 4.83. The number of nitrogens with one attached hydrogen (secondary N) is 1. The molecule has 0 saturated heterocycles. The van der Waals surface area contributed by atoms with Crippen LogP contribution < -0.4 is 0 Å². The molecule has 1 heterocycles. The highest BCUT2D eigenvalue weighted by atomic mass is 32.1. The van der Waals surface area contributed by atoms with E-state index >= 15 is 0 Å². The summed E-state index contributed by atoms with van der Waals surface area (Å²) in [5.41, 5.74) is 0. The number of rotatable bonds is 0. The van der Waals surface area contributed by atoms with Crippen LogP contribution in [0.3, 0.4) is 0 Å². The second-order valence-corrected chi connectivity index (χ2v) is 1.84. The first-order valence-corrected chi connectivity index (χ1v) is 2.41. The molecular weight excluding hydrogens is 108 g/mol. The zero-order chi connectivity index (χ0) is 5.28. The number of nitrogens with zero attached hydrogens (tertiary/aromatic N) is 1. The molecular formula is C4H6N2S. The third kappa shape index (κ3) is 0.899. The second kappa shape index (κ2) is 1.50. The molecule has 0 bridgehead atoms. The van der Waals surface area contributed by atoms with Gasteiger partial charge in [0.2, 0.25) is 0 Å². The molecule has 38 valence electrons. The average Bonchev–Trinajstić information content (AvgIpc) is 1.87. The summed E-state index contributed by atoms with van der Waals surface area (Å²) in [4.78, 5) is 0. The Morgan fingerprint density at radius 2 is 2.57 bits per heavy atom. The summed E-state index contributed by atoms with van der Waals surface area (Å²) in [7, 11) is 1.90. The predicted molar refractivity (Wildman–Crippen MR) is 30.6 cm³/mol. The molecule has 0 aromatic carbocycles. The van der Waals surface area contributed by atoms with Crippen molar-refractivity contribution in [3.05, 3.63) is 16.9 Å². The van der Waals surface area contributed by atoms with Gasteiger partial charge in [-0.2, -0.15) is 0 Å². The molecule has 0 aliphatic rings. The van der Waals surface area contributed by atoms with Crippen molar-refractivity contribution in [2.45, 2.75) is 0 Å². The van der Waals surface area contributed by atoms with E-state index in [0.717, 1.165) is 4.64 Å². The van der Waals surface area contributed by atoms with Crippen LogP contribution in [0.15, 0.2) is 12.3 Å².